The third-order valence-electron chi connectivity index (χ3n) is 3.79. The summed E-state index contributed by atoms with van der Waals surface area (Å²) in [4.78, 5) is 39.6. The van der Waals surface area contributed by atoms with Crippen LogP contribution in [0.5, 0.6) is 0 Å². The van der Waals surface area contributed by atoms with Crippen molar-refractivity contribution in [2.24, 2.45) is 0 Å². The molecule has 1 aromatic rings. The minimum absolute atomic E-state index is 0.254. The maximum Gasteiger partial charge on any atom is 0.333 e. The molecule has 0 aliphatic carbocycles. The SMILES string of the molecule is CCN1C(=O)N(CC)C(=O)C(C)(c2ccccc2)C1=O. The lowest BCUT2D eigenvalue weighted by Gasteiger charge is -2.41. The standard InChI is InChI=1S/C15H18N2O3/c1-4-16-12(18)15(3,11-9-7-6-8-10-11)13(19)17(5-2)14(16)20/h6-10H,4-5H2,1-3H3. The number of amides is 4. The molecule has 1 fully saturated rings. The zero-order valence-corrected chi connectivity index (χ0v) is 11.9. The van der Waals surface area contributed by atoms with Crippen LogP contribution in [0.1, 0.15) is 26.3 Å². The van der Waals surface area contributed by atoms with E-state index in [9.17, 15) is 14.4 Å². The number of likely N-dealkylation sites (N-methyl/N-ethyl adjacent to an activating group) is 2. The van der Waals surface area contributed by atoms with E-state index in [1.54, 1.807) is 45.0 Å². The van der Waals surface area contributed by atoms with Gasteiger partial charge < -0.3 is 0 Å². The van der Waals surface area contributed by atoms with Crippen LogP contribution in [0.3, 0.4) is 0 Å². The third-order valence-corrected chi connectivity index (χ3v) is 3.79. The van der Waals surface area contributed by atoms with Crippen molar-refractivity contribution in [2.75, 3.05) is 13.1 Å². The predicted molar refractivity (Wildman–Crippen MR) is 74.0 cm³/mol. The predicted octanol–water partition coefficient (Wildman–Crippen LogP) is 1.77. The van der Waals surface area contributed by atoms with Crippen LogP contribution in [0.15, 0.2) is 30.3 Å². The molecule has 1 aliphatic rings. The fourth-order valence-electron chi connectivity index (χ4n) is 2.53. The van der Waals surface area contributed by atoms with Gasteiger partial charge in [-0.3, -0.25) is 19.4 Å². The second kappa shape index (κ2) is 5.07. The van der Waals surface area contributed by atoms with E-state index < -0.39 is 23.3 Å². The number of hydrogen-bond acceptors (Lipinski definition) is 3. The molecule has 2 rings (SSSR count). The normalized spacial score (nSPS) is 18.6. The van der Waals surface area contributed by atoms with Crippen molar-refractivity contribution in [3.05, 3.63) is 35.9 Å². The van der Waals surface area contributed by atoms with Gasteiger partial charge in [0, 0.05) is 13.1 Å². The van der Waals surface area contributed by atoms with Crippen LogP contribution in [0, 0.1) is 0 Å². The van der Waals surface area contributed by atoms with Crippen molar-refractivity contribution < 1.29 is 14.4 Å². The lowest BCUT2D eigenvalue weighted by Crippen LogP contribution is -2.65. The van der Waals surface area contributed by atoms with Gasteiger partial charge in [-0.05, 0) is 26.3 Å². The van der Waals surface area contributed by atoms with E-state index in [0.717, 1.165) is 9.80 Å². The Labute approximate surface area is 118 Å². The van der Waals surface area contributed by atoms with Crippen molar-refractivity contribution in [3.63, 3.8) is 0 Å². The minimum Gasteiger partial charge on any atom is -0.273 e. The molecule has 0 unspecified atom stereocenters. The molecule has 0 saturated carbocycles. The largest absolute Gasteiger partial charge is 0.333 e. The van der Waals surface area contributed by atoms with Gasteiger partial charge in [0.1, 0.15) is 0 Å². The average Bonchev–Trinajstić information content (AvgIpc) is 2.47. The molecular formula is C15H18N2O3. The van der Waals surface area contributed by atoms with Crippen LogP contribution >= 0.6 is 0 Å². The van der Waals surface area contributed by atoms with Gasteiger partial charge in [-0.2, -0.15) is 0 Å². The first kappa shape index (κ1) is 14.2. The summed E-state index contributed by atoms with van der Waals surface area (Å²) in [5.74, 6) is -0.906. The molecule has 0 aromatic heterocycles. The maximum absolute atomic E-state index is 12.6. The van der Waals surface area contributed by atoms with Crippen LogP contribution in [0.2, 0.25) is 0 Å². The summed E-state index contributed by atoms with van der Waals surface area (Å²) in [6.45, 7) is 5.55. The molecular weight excluding hydrogens is 256 g/mol. The van der Waals surface area contributed by atoms with E-state index in [2.05, 4.69) is 0 Å². The molecule has 5 heteroatoms. The number of carbonyl (C=O) groups is 3. The van der Waals surface area contributed by atoms with Crippen molar-refractivity contribution in [2.45, 2.75) is 26.2 Å². The Kier molecular flexibility index (Phi) is 3.61. The number of nitrogens with zero attached hydrogens (tertiary/aromatic N) is 2. The van der Waals surface area contributed by atoms with E-state index in [-0.39, 0.29) is 13.1 Å². The number of rotatable bonds is 3. The Balaban J connectivity index is 2.58. The first-order valence-corrected chi connectivity index (χ1v) is 6.71. The van der Waals surface area contributed by atoms with Crippen LogP contribution in [-0.4, -0.2) is 40.7 Å². The molecule has 106 valence electrons. The Morgan fingerprint density at radius 3 is 1.75 bits per heavy atom. The molecule has 20 heavy (non-hydrogen) atoms. The highest BCUT2D eigenvalue weighted by Crippen LogP contribution is 2.33. The van der Waals surface area contributed by atoms with Crippen LogP contribution in [0.4, 0.5) is 4.79 Å². The summed E-state index contributed by atoms with van der Waals surface area (Å²) in [7, 11) is 0. The summed E-state index contributed by atoms with van der Waals surface area (Å²) in [6.07, 6.45) is 0. The number of hydrogen-bond donors (Lipinski definition) is 0. The van der Waals surface area contributed by atoms with Gasteiger partial charge in [0.2, 0.25) is 0 Å². The highest BCUT2D eigenvalue weighted by molar-refractivity contribution is 6.22. The van der Waals surface area contributed by atoms with E-state index >= 15 is 0 Å². The smallest absolute Gasteiger partial charge is 0.273 e. The van der Waals surface area contributed by atoms with Crippen molar-refractivity contribution in [1.29, 1.82) is 0 Å². The molecule has 0 spiro atoms. The molecule has 1 heterocycles. The second-order valence-corrected chi connectivity index (χ2v) is 4.87. The molecule has 1 saturated heterocycles. The molecule has 4 amide bonds. The molecule has 0 radical (unpaired) electrons. The topological polar surface area (TPSA) is 57.7 Å². The minimum atomic E-state index is -1.33. The first-order chi connectivity index (χ1) is 9.48. The summed E-state index contributed by atoms with van der Waals surface area (Å²) in [5, 5.41) is 0. The molecule has 1 aromatic carbocycles. The van der Waals surface area contributed by atoms with Crippen LogP contribution in [0.25, 0.3) is 0 Å². The van der Waals surface area contributed by atoms with Gasteiger partial charge in [-0.15, -0.1) is 0 Å². The van der Waals surface area contributed by atoms with Gasteiger partial charge in [0.15, 0.2) is 5.41 Å². The Hall–Kier alpha value is -2.17. The molecule has 1 aliphatic heterocycles. The second-order valence-electron chi connectivity index (χ2n) is 4.87. The lowest BCUT2D eigenvalue weighted by atomic mass is 9.78. The van der Waals surface area contributed by atoms with Gasteiger partial charge in [-0.1, -0.05) is 30.3 Å². The average molecular weight is 274 g/mol. The zero-order chi connectivity index (χ0) is 14.9. The van der Waals surface area contributed by atoms with Gasteiger partial charge in [-0.25, -0.2) is 4.79 Å². The fraction of sp³-hybridized carbons (Fsp3) is 0.400. The van der Waals surface area contributed by atoms with Crippen molar-refractivity contribution >= 4 is 17.8 Å². The van der Waals surface area contributed by atoms with Gasteiger partial charge in [0.25, 0.3) is 11.8 Å². The van der Waals surface area contributed by atoms with Crippen molar-refractivity contribution in [3.8, 4) is 0 Å². The summed E-state index contributed by atoms with van der Waals surface area (Å²) in [6, 6.07) is 8.35. The lowest BCUT2D eigenvalue weighted by molar-refractivity contribution is -0.151. The Bertz CT molecular complexity index is 527. The Morgan fingerprint density at radius 2 is 1.35 bits per heavy atom. The van der Waals surface area contributed by atoms with Crippen LogP contribution in [-0.2, 0) is 15.0 Å². The number of benzene rings is 1. The quantitative estimate of drug-likeness (QED) is 0.789. The molecule has 5 nitrogen and oxygen atoms in total. The van der Waals surface area contributed by atoms with E-state index in [0.29, 0.717) is 5.56 Å². The monoisotopic (exact) mass is 274 g/mol. The fourth-order valence-corrected chi connectivity index (χ4v) is 2.53. The van der Waals surface area contributed by atoms with E-state index in [4.69, 9.17) is 0 Å². The number of carbonyl (C=O) groups excluding carboxylic acids is 3. The summed E-state index contributed by atoms with van der Waals surface area (Å²) < 4.78 is 0. The Morgan fingerprint density at radius 1 is 0.900 bits per heavy atom. The molecule has 0 atom stereocenters. The highest BCUT2D eigenvalue weighted by atomic mass is 16.2. The van der Waals surface area contributed by atoms with E-state index in [1.165, 1.54) is 0 Å². The number of barbiturate groups is 1. The molecule has 0 N–H and O–H groups in total. The van der Waals surface area contributed by atoms with Gasteiger partial charge >= 0.3 is 6.03 Å². The molecule has 0 bridgehead atoms. The first-order valence-electron chi connectivity index (χ1n) is 6.71. The number of imide groups is 2. The van der Waals surface area contributed by atoms with Crippen LogP contribution < -0.4 is 0 Å². The maximum atomic E-state index is 12.6. The summed E-state index contributed by atoms with van der Waals surface area (Å²) >= 11 is 0. The highest BCUT2D eigenvalue weighted by Gasteiger charge is 2.54. The third kappa shape index (κ3) is 1.81. The summed E-state index contributed by atoms with van der Waals surface area (Å²) in [5.41, 5.74) is -0.722. The van der Waals surface area contributed by atoms with E-state index in [1.807, 2.05) is 6.07 Å². The van der Waals surface area contributed by atoms with Gasteiger partial charge in [0.05, 0.1) is 0 Å². The van der Waals surface area contributed by atoms with Crippen molar-refractivity contribution in [1.82, 2.24) is 9.80 Å². The number of urea groups is 1. The zero-order valence-electron chi connectivity index (χ0n) is 11.9.